The van der Waals surface area contributed by atoms with Crippen molar-refractivity contribution in [3.8, 4) is 17.0 Å². The van der Waals surface area contributed by atoms with Gasteiger partial charge in [0, 0.05) is 29.1 Å². The van der Waals surface area contributed by atoms with Crippen molar-refractivity contribution in [1.29, 1.82) is 0 Å². The average Bonchev–Trinajstić information content (AvgIpc) is 3.56. The number of sulfonamides is 1. The van der Waals surface area contributed by atoms with E-state index in [2.05, 4.69) is 26.5 Å². The van der Waals surface area contributed by atoms with Crippen LogP contribution >= 0.6 is 0 Å². The molecule has 3 heterocycles. The molecule has 1 aliphatic heterocycles. The van der Waals surface area contributed by atoms with Crippen molar-refractivity contribution in [2.45, 2.75) is 77.0 Å². The Hall–Kier alpha value is -4.38. The summed E-state index contributed by atoms with van der Waals surface area (Å²) in [4.78, 5) is 26.5. The lowest BCUT2D eigenvalue weighted by Crippen LogP contribution is -2.36. The quantitative estimate of drug-likeness (QED) is 0.199. The zero-order chi connectivity index (χ0) is 33.5. The molecule has 2 aliphatic rings. The standard InChI is InChI=1S/C36H42N4O6S/c1-6-22(3)47(43,44)38-35(41)24-13-15-29-31(19-24)40-21-26(33-30(20-37-39(33)4)36(42)46-7-2)17-25-18-27(45-5)14-16-28(25)34(40)32(29)23-11-9-8-10-12-23/h13-20,22-23H,6-12,21H2,1-5H3,(H,38,41). The lowest BCUT2D eigenvalue weighted by molar-refractivity contribution is 0.0525. The molecule has 47 heavy (non-hydrogen) atoms. The molecule has 1 saturated carbocycles. The number of benzene rings is 2. The fourth-order valence-electron chi connectivity index (χ4n) is 7.01. The molecule has 1 N–H and O–H groups in total. The van der Waals surface area contributed by atoms with Gasteiger partial charge in [0.1, 0.15) is 11.3 Å². The Kier molecular flexibility index (Phi) is 9.02. The first-order valence-corrected chi connectivity index (χ1v) is 17.9. The molecular formula is C36H42N4O6S. The van der Waals surface area contributed by atoms with Crippen LogP contribution < -0.4 is 9.46 Å². The molecule has 248 valence electrons. The second-order valence-corrected chi connectivity index (χ2v) is 14.6. The number of aryl methyl sites for hydroxylation is 1. The Labute approximate surface area is 275 Å². The number of hydrogen-bond acceptors (Lipinski definition) is 7. The van der Waals surface area contributed by atoms with E-state index in [-0.39, 0.29) is 12.2 Å². The average molecular weight is 659 g/mol. The second-order valence-electron chi connectivity index (χ2n) is 12.5. The number of nitrogens with one attached hydrogen (secondary N) is 1. The number of nitrogens with zero attached hydrogens (tertiary/aromatic N) is 3. The molecule has 11 heteroatoms. The van der Waals surface area contributed by atoms with Gasteiger partial charge in [-0.1, -0.05) is 32.3 Å². The van der Waals surface area contributed by atoms with Crippen molar-refractivity contribution in [3.05, 3.63) is 70.5 Å². The number of methoxy groups -OCH3 is 1. The van der Waals surface area contributed by atoms with E-state index < -0.39 is 27.1 Å². The summed E-state index contributed by atoms with van der Waals surface area (Å²) in [6, 6.07) is 11.5. The molecule has 0 bridgehead atoms. The highest BCUT2D eigenvalue weighted by Gasteiger charge is 2.32. The summed E-state index contributed by atoms with van der Waals surface area (Å²) < 4.78 is 42.9. The molecule has 2 aromatic heterocycles. The number of ether oxygens (including phenoxy) is 2. The number of aromatic nitrogens is 3. The second kappa shape index (κ2) is 13.0. The molecule has 0 spiro atoms. The summed E-state index contributed by atoms with van der Waals surface area (Å²) in [6.45, 7) is 5.75. The van der Waals surface area contributed by atoms with Gasteiger partial charge < -0.3 is 14.0 Å². The zero-order valence-electron chi connectivity index (χ0n) is 27.6. The van der Waals surface area contributed by atoms with Crippen LogP contribution in [0.3, 0.4) is 0 Å². The van der Waals surface area contributed by atoms with E-state index in [1.807, 2.05) is 18.2 Å². The highest BCUT2D eigenvalue weighted by molar-refractivity contribution is 7.90. The molecule has 1 aliphatic carbocycles. The molecule has 2 aromatic carbocycles. The third-order valence-electron chi connectivity index (χ3n) is 9.63. The van der Waals surface area contributed by atoms with E-state index in [1.54, 1.807) is 51.7 Å². The molecule has 6 rings (SSSR count). The smallest absolute Gasteiger partial charge is 0.341 e. The van der Waals surface area contributed by atoms with Crippen LogP contribution in [0.2, 0.25) is 0 Å². The summed E-state index contributed by atoms with van der Waals surface area (Å²) in [6.07, 6.45) is 9.60. The maximum atomic E-state index is 13.4. The van der Waals surface area contributed by atoms with Gasteiger partial charge in [-0.25, -0.2) is 17.9 Å². The Balaban J connectivity index is 1.61. The number of rotatable bonds is 9. The Morgan fingerprint density at radius 1 is 1.06 bits per heavy atom. The minimum Gasteiger partial charge on any atom is -0.497 e. The van der Waals surface area contributed by atoms with E-state index in [0.29, 0.717) is 35.9 Å². The van der Waals surface area contributed by atoms with Crippen molar-refractivity contribution >= 4 is 44.5 Å². The Morgan fingerprint density at radius 3 is 2.53 bits per heavy atom. The van der Waals surface area contributed by atoms with Crippen LogP contribution in [-0.4, -0.2) is 53.6 Å². The van der Waals surface area contributed by atoms with E-state index in [9.17, 15) is 18.0 Å². The van der Waals surface area contributed by atoms with Gasteiger partial charge in [0.25, 0.3) is 5.91 Å². The summed E-state index contributed by atoms with van der Waals surface area (Å²) in [5, 5.41) is 4.77. The highest BCUT2D eigenvalue weighted by Crippen LogP contribution is 2.48. The minimum atomic E-state index is -3.83. The molecule has 1 amide bonds. The highest BCUT2D eigenvalue weighted by atomic mass is 32.2. The molecule has 4 aromatic rings. The Morgan fingerprint density at radius 2 is 1.83 bits per heavy atom. The number of hydrogen-bond donors (Lipinski definition) is 1. The fourth-order valence-corrected chi connectivity index (χ4v) is 8.03. The van der Waals surface area contributed by atoms with E-state index in [1.165, 1.54) is 18.2 Å². The predicted octanol–water partition coefficient (Wildman–Crippen LogP) is 6.69. The van der Waals surface area contributed by atoms with Gasteiger partial charge in [0.05, 0.1) is 43.1 Å². The van der Waals surface area contributed by atoms with Crippen LogP contribution in [0.15, 0.2) is 42.6 Å². The molecule has 1 fully saturated rings. The number of esters is 1. The molecule has 1 unspecified atom stereocenters. The first-order chi connectivity index (χ1) is 22.6. The largest absolute Gasteiger partial charge is 0.497 e. The number of allylic oxidation sites excluding steroid dienone is 1. The summed E-state index contributed by atoms with van der Waals surface area (Å²) in [5.41, 5.74) is 7.17. The predicted molar refractivity (Wildman–Crippen MR) is 183 cm³/mol. The van der Waals surface area contributed by atoms with Gasteiger partial charge in [0.2, 0.25) is 10.0 Å². The maximum absolute atomic E-state index is 13.4. The van der Waals surface area contributed by atoms with Crippen molar-refractivity contribution in [2.24, 2.45) is 7.05 Å². The van der Waals surface area contributed by atoms with Crippen LogP contribution in [0.1, 0.15) is 103 Å². The fraction of sp³-hybridized carbons (Fsp3) is 0.417. The van der Waals surface area contributed by atoms with Crippen LogP contribution in [-0.2, 0) is 28.4 Å². The lowest BCUT2D eigenvalue weighted by Gasteiger charge is -2.24. The van der Waals surface area contributed by atoms with Crippen LogP contribution in [0.25, 0.3) is 33.8 Å². The monoisotopic (exact) mass is 658 g/mol. The summed E-state index contributed by atoms with van der Waals surface area (Å²) in [5.74, 6) is -0.0854. The minimum absolute atomic E-state index is 0.237. The third kappa shape index (κ3) is 5.97. The van der Waals surface area contributed by atoms with Gasteiger partial charge in [-0.15, -0.1) is 0 Å². The van der Waals surface area contributed by atoms with E-state index in [0.717, 1.165) is 59.0 Å². The Bertz CT molecular complexity index is 2000. The number of carbonyl (C=O) groups excluding carboxylic acids is 2. The van der Waals surface area contributed by atoms with Crippen LogP contribution in [0.4, 0.5) is 0 Å². The number of fused-ring (bicyclic) bond motifs is 5. The normalized spacial score (nSPS) is 15.7. The molecule has 0 radical (unpaired) electrons. The molecule has 10 nitrogen and oxygen atoms in total. The third-order valence-corrected chi connectivity index (χ3v) is 11.5. The van der Waals surface area contributed by atoms with Crippen molar-refractivity contribution < 1.29 is 27.5 Å². The molecule has 0 saturated heterocycles. The zero-order valence-corrected chi connectivity index (χ0v) is 28.4. The van der Waals surface area contributed by atoms with Crippen molar-refractivity contribution in [3.63, 3.8) is 0 Å². The number of amides is 1. The topological polar surface area (TPSA) is 122 Å². The van der Waals surface area contributed by atoms with Crippen molar-refractivity contribution in [2.75, 3.05) is 13.7 Å². The molecule has 1 atom stereocenters. The first kappa shape index (κ1) is 32.6. The van der Waals surface area contributed by atoms with Gasteiger partial charge in [-0.2, -0.15) is 5.10 Å². The van der Waals surface area contributed by atoms with Gasteiger partial charge in [-0.3, -0.25) is 9.48 Å². The number of carbonyl (C=O) groups is 2. The van der Waals surface area contributed by atoms with Gasteiger partial charge >= 0.3 is 5.97 Å². The molecular weight excluding hydrogens is 616 g/mol. The van der Waals surface area contributed by atoms with Gasteiger partial charge in [0.15, 0.2) is 0 Å². The van der Waals surface area contributed by atoms with Crippen molar-refractivity contribution in [1.82, 2.24) is 19.1 Å². The van der Waals surface area contributed by atoms with Gasteiger partial charge in [-0.05, 0) is 92.1 Å². The first-order valence-electron chi connectivity index (χ1n) is 16.4. The van der Waals surface area contributed by atoms with Crippen LogP contribution in [0.5, 0.6) is 5.75 Å². The van der Waals surface area contributed by atoms with E-state index >= 15 is 0 Å². The lowest BCUT2D eigenvalue weighted by atomic mass is 9.81. The summed E-state index contributed by atoms with van der Waals surface area (Å²) in [7, 11) is -0.390. The van der Waals surface area contributed by atoms with Crippen LogP contribution in [0, 0.1) is 0 Å². The van der Waals surface area contributed by atoms with E-state index in [4.69, 9.17) is 9.47 Å². The maximum Gasteiger partial charge on any atom is 0.341 e. The summed E-state index contributed by atoms with van der Waals surface area (Å²) >= 11 is 0. The SMILES string of the molecule is CCOC(=O)c1cnn(C)c1C1=Cc2cc(OC)ccc2-c2c(C3CCCCC3)c3ccc(C(=O)NS(=O)(=O)C(C)CC)cc3n2C1.